The lowest BCUT2D eigenvalue weighted by Gasteiger charge is -2.34. The number of fused-ring (bicyclic) bond motifs is 3. The predicted octanol–water partition coefficient (Wildman–Crippen LogP) is 13.4. The summed E-state index contributed by atoms with van der Waals surface area (Å²) in [6.45, 7) is 30.7. The maximum absolute atomic E-state index is 2.60. The maximum atomic E-state index is 2.60. The first kappa shape index (κ1) is 34.2. The summed E-state index contributed by atoms with van der Waals surface area (Å²) in [4.78, 5) is 0. The maximum Gasteiger partial charge on any atom is 0.0244 e. The summed E-state index contributed by atoms with van der Waals surface area (Å²) >= 11 is 0. The summed E-state index contributed by atoms with van der Waals surface area (Å²) in [5.41, 5.74) is 20.6. The third-order valence-electron chi connectivity index (χ3n) is 10.8. The van der Waals surface area contributed by atoms with Crippen molar-refractivity contribution < 1.29 is 0 Å². The van der Waals surface area contributed by atoms with Crippen LogP contribution in [0.1, 0.15) is 140 Å². The Morgan fingerprint density at radius 2 is 1.23 bits per heavy atom. The molecule has 6 rings (SSSR count). The van der Waals surface area contributed by atoms with Crippen LogP contribution in [0.5, 0.6) is 0 Å². The van der Waals surface area contributed by atoms with Gasteiger partial charge in [0.05, 0.1) is 0 Å². The molecule has 1 unspecified atom stereocenters. The number of hydrogen-bond donors (Lipinski definition) is 0. The molecule has 0 bridgehead atoms. The van der Waals surface area contributed by atoms with Crippen LogP contribution in [-0.2, 0) is 29.1 Å². The highest BCUT2D eigenvalue weighted by Crippen LogP contribution is 2.55. The lowest BCUT2D eigenvalue weighted by molar-refractivity contribution is 0.517. The van der Waals surface area contributed by atoms with Crippen molar-refractivity contribution in [2.75, 3.05) is 0 Å². The van der Waals surface area contributed by atoms with Gasteiger partial charge in [0, 0.05) is 5.92 Å². The van der Waals surface area contributed by atoms with Crippen LogP contribution in [0.3, 0.4) is 0 Å². The molecule has 250 valence electrons. The molecule has 0 saturated heterocycles. The Labute approximate surface area is 292 Å². The van der Waals surface area contributed by atoms with Crippen molar-refractivity contribution in [3.63, 3.8) is 0 Å². The second kappa shape index (κ2) is 11.8. The van der Waals surface area contributed by atoms with Crippen molar-refractivity contribution in [2.24, 2.45) is 5.41 Å². The summed E-state index contributed by atoms with van der Waals surface area (Å²) in [6, 6.07) is 28.2. The summed E-state index contributed by atoms with van der Waals surface area (Å²) < 4.78 is 0. The first-order chi connectivity index (χ1) is 22.2. The van der Waals surface area contributed by atoms with Gasteiger partial charge in [0.2, 0.25) is 0 Å². The van der Waals surface area contributed by atoms with Crippen LogP contribution in [0.15, 0.2) is 96.1 Å². The Bertz CT molecular complexity index is 1910. The van der Waals surface area contributed by atoms with Gasteiger partial charge >= 0.3 is 0 Å². The van der Waals surface area contributed by atoms with E-state index in [4.69, 9.17) is 0 Å². The zero-order chi connectivity index (χ0) is 35.0. The van der Waals surface area contributed by atoms with E-state index in [1.54, 1.807) is 0 Å². The molecule has 0 nitrogen and oxygen atoms in total. The zero-order valence-corrected chi connectivity index (χ0v) is 32.1. The Kier molecular flexibility index (Phi) is 8.38. The Balaban J connectivity index is 1.73. The van der Waals surface area contributed by atoms with Crippen LogP contribution in [0.2, 0.25) is 0 Å². The van der Waals surface area contributed by atoms with Gasteiger partial charge in [-0.15, -0.1) is 0 Å². The summed E-state index contributed by atoms with van der Waals surface area (Å²) in [6.07, 6.45) is 7.00. The van der Waals surface area contributed by atoms with E-state index in [0.717, 1.165) is 12.8 Å². The molecule has 0 amide bonds. The molecule has 0 aromatic heterocycles. The number of rotatable bonds is 4. The SMILES string of the molecule is CC1=CC(C(C)(C)C)=CC1c1c(-c2ccccc2)c2c(c(Cc3ccc(C(C)(C)C)cc3)c1C(C)(C)C)Cc1cc(C(C)(C)C)ccc1-2. The monoisotopic (exact) mass is 634 g/mol. The molecule has 0 radical (unpaired) electrons. The van der Waals surface area contributed by atoms with Crippen LogP contribution >= 0.6 is 0 Å². The minimum Gasteiger partial charge on any atom is -0.0692 e. The van der Waals surface area contributed by atoms with Gasteiger partial charge in [-0.25, -0.2) is 0 Å². The Morgan fingerprint density at radius 1 is 0.625 bits per heavy atom. The Hall–Kier alpha value is -3.64. The van der Waals surface area contributed by atoms with Crippen LogP contribution < -0.4 is 0 Å². The fourth-order valence-electron chi connectivity index (χ4n) is 8.07. The van der Waals surface area contributed by atoms with E-state index in [-0.39, 0.29) is 27.6 Å². The lowest BCUT2D eigenvalue weighted by atomic mass is 9.69. The molecular weight excluding hydrogens is 577 g/mol. The van der Waals surface area contributed by atoms with Crippen molar-refractivity contribution >= 4 is 0 Å². The first-order valence-electron chi connectivity index (χ1n) is 18.2. The van der Waals surface area contributed by atoms with Gasteiger partial charge in [-0.2, -0.15) is 0 Å². The van der Waals surface area contributed by atoms with Crippen molar-refractivity contribution in [3.05, 3.63) is 141 Å². The quantitative estimate of drug-likeness (QED) is 0.184. The van der Waals surface area contributed by atoms with E-state index in [0.29, 0.717) is 0 Å². The smallest absolute Gasteiger partial charge is 0.0244 e. The largest absolute Gasteiger partial charge is 0.0692 e. The molecule has 0 fully saturated rings. The zero-order valence-electron chi connectivity index (χ0n) is 32.1. The van der Waals surface area contributed by atoms with E-state index in [2.05, 4.69) is 175 Å². The number of benzene rings is 4. The Morgan fingerprint density at radius 3 is 1.77 bits per heavy atom. The van der Waals surface area contributed by atoms with Crippen molar-refractivity contribution in [1.82, 2.24) is 0 Å². The van der Waals surface area contributed by atoms with Crippen molar-refractivity contribution in [1.29, 1.82) is 0 Å². The molecule has 48 heavy (non-hydrogen) atoms. The highest BCUT2D eigenvalue weighted by Gasteiger charge is 2.38. The molecule has 2 aliphatic carbocycles. The topological polar surface area (TPSA) is 0 Å². The summed E-state index contributed by atoms with van der Waals surface area (Å²) in [5, 5.41) is 0. The van der Waals surface area contributed by atoms with Gasteiger partial charge in [0.15, 0.2) is 0 Å². The van der Waals surface area contributed by atoms with E-state index in [1.165, 1.54) is 77.9 Å². The standard InChI is InChI=1S/C48H58/c1-30-25-36(47(8,9)10)29-38(30)43-41(32-17-15-14-16-18-32)42-37-24-23-35(46(5,6)7)27-33(37)28-39(42)40(44(43)48(11,12)13)26-31-19-21-34(22-20-31)45(2,3)4/h14-25,27,29,38H,26,28H2,1-13H3. The molecule has 0 N–H and O–H groups in total. The average molecular weight is 635 g/mol. The fraction of sp³-hybridized carbons (Fsp3) is 0.417. The number of hydrogen-bond acceptors (Lipinski definition) is 0. The average Bonchev–Trinajstić information content (AvgIpc) is 3.56. The van der Waals surface area contributed by atoms with Gasteiger partial charge in [0.25, 0.3) is 0 Å². The van der Waals surface area contributed by atoms with Gasteiger partial charge in [0.1, 0.15) is 0 Å². The van der Waals surface area contributed by atoms with Gasteiger partial charge in [-0.05, 0) is 114 Å². The molecule has 2 aliphatic rings. The minimum absolute atomic E-state index is 0.0570. The minimum atomic E-state index is -0.0570. The third-order valence-corrected chi connectivity index (χ3v) is 10.8. The van der Waals surface area contributed by atoms with Crippen molar-refractivity contribution in [2.45, 2.75) is 125 Å². The fourth-order valence-corrected chi connectivity index (χ4v) is 8.07. The molecule has 0 aliphatic heterocycles. The summed E-state index contributed by atoms with van der Waals surface area (Å²) in [5.74, 6) is 0.230. The molecule has 4 aromatic carbocycles. The van der Waals surface area contributed by atoms with Crippen molar-refractivity contribution in [3.8, 4) is 22.3 Å². The number of allylic oxidation sites excluding steroid dienone is 4. The van der Waals surface area contributed by atoms with Gasteiger partial charge < -0.3 is 0 Å². The molecule has 4 aromatic rings. The van der Waals surface area contributed by atoms with E-state index < -0.39 is 0 Å². The van der Waals surface area contributed by atoms with E-state index in [1.807, 2.05) is 0 Å². The van der Waals surface area contributed by atoms with Crippen LogP contribution in [0.4, 0.5) is 0 Å². The van der Waals surface area contributed by atoms with Crippen LogP contribution in [0, 0.1) is 5.41 Å². The molecule has 1 atom stereocenters. The molecule has 0 heteroatoms. The lowest BCUT2D eigenvalue weighted by Crippen LogP contribution is -2.22. The van der Waals surface area contributed by atoms with E-state index in [9.17, 15) is 0 Å². The van der Waals surface area contributed by atoms with Crippen LogP contribution in [0.25, 0.3) is 22.3 Å². The molecule has 0 saturated carbocycles. The second-order valence-corrected chi connectivity index (χ2v) is 18.8. The van der Waals surface area contributed by atoms with Gasteiger partial charge in [-0.3, -0.25) is 0 Å². The second-order valence-electron chi connectivity index (χ2n) is 18.8. The molecular formula is C48H58. The predicted molar refractivity (Wildman–Crippen MR) is 210 cm³/mol. The van der Waals surface area contributed by atoms with Gasteiger partial charge in [-0.1, -0.05) is 174 Å². The molecule has 0 heterocycles. The van der Waals surface area contributed by atoms with Crippen LogP contribution in [-0.4, -0.2) is 0 Å². The summed E-state index contributed by atoms with van der Waals surface area (Å²) in [7, 11) is 0. The normalized spacial score (nSPS) is 16.5. The first-order valence-corrected chi connectivity index (χ1v) is 18.2. The highest BCUT2D eigenvalue weighted by atomic mass is 14.4. The molecule has 0 spiro atoms. The third kappa shape index (κ3) is 6.29. The highest BCUT2D eigenvalue weighted by molar-refractivity contribution is 5.95. The van der Waals surface area contributed by atoms with E-state index >= 15 is 0 Å².